The fourth-order valence-electron chi connectivity index (χ4n) is 2.04. The fraction of sp³-hybridized carbons (Fsp3) is 0.538. The number of methoxy groups -OCH3 is 1. The van der Waals surface area contributed by atoms with Gasteiger partial charge in [0.05, 0.1) is 18.1 Å². The molecular formula is C13H19FN2O3. The number of rotatable bonds is 7. The van der Waals surface area contributed by atoms with Crippen LogP contribution in [0.2, 0.25) is 0 Å². The molecule has 5 nitrogen and oxygen atoms in total. The van der Waals surface area contributed by atoms with Crippen molar-refractivity contribution in [3.05, 3.63) is 33.6 Å². The van der Waals surface area contributed by atoms with Crippen molar-refractivity contribution < 1.29 is 14.1 Å². The maximum Gasteiger partial charge on any atom is 0.275 e. The summed E-state index contributed by atoms with van der Waals surface area (Å²) in [5.41, 5.74) is 0.283. The summed E-state index contributed by atoms with van der Waals surface area (Å²) in [5, 5.41) is 14.1. The number of benzene rings is 1. The van der Waals surface area contributed by atoms with Gasteiger partial charge in [-0.25, -0.2) is 4.39 Å². The summed E-state index contributed by atoms with van der Waals surface area (Å²) in [7, 11) is 3.16. The highest BCUT2D eigenvalue weighted by Crippen LogP contribution is 2.28. The molecule has 0 heterocycles. The Labute approximate surface area is 111 Å². The van der Waals surface area contributed by atoms with Gasteiger partial charge in [0.15, 0.2) is 11.6 Å². The molecule has 0 spiro atoms. The van der Waals surface area contributed by atoms with Crippen LogP contribution in [-0.4, -0.2) is 25.1 Å². The number of nitro benzene ring substituents is 1. The highest BCUT2D eigenvalue weighted by Gasteiger charge is 2.21. The van der Waals surface area contributed by atoms with Crippen LogP contribution in [0.25, 0.3) is 0 Å². The van der Waals surface area contributed by atoms with Gasteiger partial charge in [-0.3, -0.25) is 10.1 Å². The molecule has 1 rings (SSSR count). The molecule has 6 heteroatoms. The summed E-state index contributed by atoms with van der Waals surface area (Å²) < 4.78 is 18.4. The molecule has 0 aliphatic heterocycles. The normalized spacial score (nSPS) is 12.2. The van der Waals surface area contributed by atoms with Crippen molar-refractivity contribution in [1.29, 1.82) is 0 Å². The molecule has 0 bridgehead atoms. The zero-order valence-corrected chi connectivity index (χ0v) is 11.4. The molecule has 0 radical (unpaired) electrons. The van der Waals surface area contributed by atoms with E-state index in [1.807, 2.05) is 14.0 Å². The number of halogens is 1. The monoisotopic (exact) mass is 270 g/mol. The molecule has 0 aliphatic carbocycles. The molecular weight excluding hydrogens is 251 g/mol. The summed E-state index contributed by atoms with van der Waals surface area (Å²) in [4.78, 5) is 10.4. The van der Waals surface area contributed by atoms with E-state index < -0.39 is 10.7 Å². The number of ether oxygens (including phenoxy) is 1. The first-order valence-corrected chi connectivity index (χ1v) is 6.21. The first-order chi connectivity index (χ1) is 9.03. The van der Waals surface area contributed by atoms with Crippen LogP contribution >= 0.6 is 0 Å². The van der Waals surface area contributed by atoms with Gasteiger partial charge in [0, 0.05) is 11.6 Å². The molecule has 0 saturated carbocycles. The first kappa shape index (κ1) is 15.4. The minimum atomic E-state index is -0.713. The molecule has 106 valence electrons. The number of nitrogens with one attached hydrogen (secondary N) is 1. The van der Waals surface area contributed by atoms with Crippen LogP contribution < -0.4 is 10.1 Å². The lowest BCUT2D eigenvalue weighted by molar-refractivity contribution is -0.385. The standard InChI is InChI=1S/C13H19FN2O3/c1-4-5-10(15-2)6-9-7-13(19-3)11(14)8-12(9)16(17)18/h7-8,10,15H,4-6H2,1-3H3. The second-order valence-corrected chi connectivity index (χ2v) is 4.35. The molecule has 1 N–H and O–H groups in total. The summed E-state index contributed by atoms with van der Waals surface area (Å²) in [6.07, 6.45) is 2.34. The molecule has 1 unspecified atom stereocenters. The number of likely N-dealkylation sites (N-methyl/N-ethyl adjacent to an activating group) is 1. The third-order valence-corrected chi connectivity index (χ3v) is 3.06. The van der Waals surface area contributed by atoms with Gasteiger partial charge in [0.2, 0.25) is 0 Å². The summed E-state index contributed by atoms with van der Waals surface area (Å²) in [6, 6.07) is 2.46. The van der Waals surface area contributed by atoms with Crippen LogP contribution in [0.15, 0.2) is 12.1 Å². The number of hydrogen-bond acceptors (Lipinski definition) is 4. The third kappa shape index (κ3) is 3.89. The van der Waals surface area contributed by atoms with E-state index in [2.05, 4.69) is 5.32 Å². The maximum atomic E-state index is 13.5. The van der Waals surface area contributed by atoms with Crippen LogP contribution in [0.4, 0.5) is 10.1 Å². The molecule has 0 saturated heterocycles. The van der Waals surface area contributed by atoms with Crippen molar-refractivity contribution in [1.82, 2.24) is 5.32 Å². The molecule has 1 aromatic carbocycles. The predicted molar refractivity (Wildman–Crippen MR) is 71.1 cm³/mol. The Kier molecular flexibility index (Phi) is 5.69. The van der Waals surface area contributed by atoms with Crippen LogP contribution in [0.3, 0.4) is 0 Å². The topological polar surface area (TPSA) is 64.4 Å². The number of nitro groups is 1. The molecule has 0 aromatic heterocycles. The minimum absolute atomic E-state index is 0.0342. The van der Waals surface area contributed by atoms with Gasteiger partial charge in [-0.05, 0) is 26.0 Å². The summed E-state index contributed by atoms with van der Waals surface area (Å²) >= 11 is 0. The Bertz CT molecular complexity index is 452. The quantitative estimate of drug-likeness (QED) is 0.611. The number of hydrogen-bond donors (Lipinski definition) is 1. The van der Waals surface area contributed by atoms with Crippen molar-refractivity contribution >= 4 is 5.69 Å². The molecule has 0 fully saturated rings. The maximum absolute atomic E-state index is 13.5. The average Bonchev–Trinajstić information content (AvgIpc) is 2.39. The lowest BCUT2D eigenvalue weighted by Gasteiger charge is -2.16. The third-order valence-electron chi connectivity index (χ3n) is 3.06. The lowest BCUT2D eigenvalue weighted by Crippen LogP contribution is -2.27. The zero-order chi connectivity index (χ0) is 14.4. The van der Waals surface area contributed by atoms with E-state index in [0.29, 0.717) is 12.0 Å². The van der Waals surface area contributed by atoms with Gasteiger partial charge >= 0.3 is 0 Å². The Morgan fingerprint density at radius 2 is 2.21 bits per heavy atom. The van der Waals surface area contributed by atoms with Crippen LogP contribution in [0.5, 0.6) is 5.75 Å². The van der Waals surface area contributed by atoms with Crippen molar-refractivity contribution in [3.63, 3.8) is 0 Å². The van der Waals surface area contributed by atoms with Crippen LogP contribution in [0.1, 0.15) is 25.3 Å². The second kappa shape index (κ2) is 7.04. The lowest BCUT2D eigenvalue weighted by atomic mass is 10.0. The summed E-state index contributed by atoms with van der Waals surface area (Å²) in [6.45, 7) is 2.05. The SMILES string of the molecule is CCCC(Cc1cc(OC)c(F)cc1[N+](=O)[O-])NC. The smallest absolute Gasteiger partial charge is 0.275 e. The van der Waals surface area contributed by atoms with Gasteiger partial charge in [-0.15, -0.1) is 0 Å². The summed E-state index contributed by atoms with van der Waals surface area (Å²) in [5.74, 6) is -0.679. The predicted octanol–water partition coefficient (Wildman–Crippen LogP) is 2.67. The molecule has 0 aliphatic rings. The molecule has 1 aromatic rings. The van der Waals surface area contributed by atoms with E-state index in [-0.39, 0.29) is 17.5 Å². The Morgan fingerprint density at radius 1 is 1.53 bits per heavy atom. The van der Waals surface area contributed by atoms with Crippen LogP contribution in [-0.2, 0) is 6.42 Å². The van der Waals surface area contributed by atoms with E-state index in [0.717, 1.165) is 18.9 Å². The molecule has 0 amide bonds. The van der Waals surface area contributed by atoms with Crippen LogP contribution in [0, 0.1) is 15.9 Å². The second-order valence-electron chi connectivity index (χ2n) is 4.35. The van der Waals surface area contributed by atoms with E-state index in [1.165, 1.54) is 13.2 Å². The Balaban J connectivity index is 3.12. The van der Waals surface area contributed by atoms with E-state index in [1.54, 1.807) is 0 Å². The highest BCUT2D eigenvalue weighted by atomic mass is 19.1. The Morgan fingerprint density at radius 3 is 2.68 bits per heavy atom. The van der Waals surface area contributed by atoms with Gasteiger partial charge in [-0.1, -0.05) is 13.3 Å². The average molecular weight is 270 g/mol. The van der Waals surface area contributed by atoms with Crippen molar-refractivity contribution in [3.8, 4) is 5.75 Å². The highest BCUT2D eigenvalue weighted by molar-refractivity contribution is 5.46. The first-order valence-electron chi connectivity index (χ1n) is 6.21. The molecule has 19 heavy (non-hydrogen) atoms. The van der Waals surface area contributed by atoms with E-state index >= 15 is 0 Å². The van der Waals surface area contributed by atoms with Gasteiger partial charge < -0.3 is 10.1 Å². The largest absolute Gasteiger partial charge is 0.494 e. The fourth-order valence-corrected chi connectivity index (χ4v) is 2.04. The van der Waals surface area contributed by atoms with Gasteiger partial charge in [0.25, 0.3) is 5.69 Å². The van der Waals surface area contributed by atoms with Gasteiger partial charge in [-0.2, -0.15) is 0 Å². The van der Waals surface area contributed by atoms with Gasteiger partial charge in [0.1, 0.15) is 0 Å². The zero-order valence-electron chi connectivity index (χ0n) is 11.4. The van der Waals surface area contributed by atoms with Crippen molar-refractivity contribution in [2.24, 2.45) is 0 Å². The van der Waals surface area contributed by atoms with E-state index in [4.69, 9.17) is 4.74 Å². The molecule has 1 atom stereocenters. The van der Waals surface area contributed by atoms with E-state index in [9.17, 15) is 14.5 Å². The van der Waals surface area contributed by atoms with Crippen molar-refractivity contribution in [2.45, 2.75) is 32.2 Å². The minimum Gasteiger partial charge on any atom is -0.494 e. The Hall–Kier alpha value is -1.69. The van der Waals surface area contributed by atoms with Crippen molar-refractivity contribution in [2.75, 3.05) is 14.2 Å². The number of nitrogens with zero attached hydrogens (tertiary/aromatic N) is 1.